The number of carbonyl (C=O) groups excluding carboxylic acids is 1. The second-order valence-corrected chi connectivity index (χ2v) is 7.01. The van der Waals surface area contributed by atoms with Crippen LogP contribution in [-0.2, 0) is 0 Å². The molecule has 0 saturated heterocycles. The minimum atomic E-state index is 0.0915. The van der Waals surface area contributed by atoms with Crippen molar-refractivity contribution in [1.29, 1.82) is 5.26 Å². The van der Waals surface area contributed by atoms with Crippen LogP contribution in [0.1, 0.15) is 22.5 Å². The van der Waals surface area contributed by atoms with Gasteiger partial charge in [0.25, 0.3) is 5.91 Å². The molecule has 0 atom stereocenters. The van der Waals surface area contributed by atoms with E-state index in [1.165, 1.54) is 0 Å². The maximum Gasteiger partial charge on any atom is 0.263 e. The van der Waals surface area contributed by atoms with Crippen LogP contribution in [0.4, 0.5) is 0 Å². The fourth-order valence-corrected chi connectivity index (χ4v) is 3.92. The normalized spacial score (nSPS) is 19.5. The Balaban J connectivity index is 1.61. The number of nitrogens with one attached hydrogen (secondary N) is 1. The lowest BCUT2D eigenvalue weighted by Gasteiger charge is -2.40. The molecule has 4 nitrogen and oxygen atoms in total. The quantitative estimate of drug-likeness (QED) is 0.677. The zero-order valence-electron chi connectivity index (χ0n) is 13.0. The number of amides is 1. The van der Waals surface area contributed by atoms with Crippen LogP contribution in [0.5, 0.6) is 0 Å². The van der Waals surface area contributed by atoms with E-state index in [0.29, 0.717) is 12.5 Å². The summed E-state index contributed by atoms with van der Waals surface area (Å²) in [4.78, 5) is 16.4. The minimum Gasteiger partial charge on any atom is -0.338 e. The van der Waals surface area contributed by atoms with Crippen molar-refractivity contribution in [2.75, 3.05) is 13.6 Å². The summed E-state index contributed by atoms with van der Waals surface area (Å²) in [6.07, 6.45) is 3.88. The maximum absolute atomic E-state index is 12.6. The van der Waals surface area contributed by atoms with Crippen molar-refractivity contribution in [2.24, 2.45) is 5.92 Å². The van der Waals surface area contributed by atoms with Crippen molar-refractivity contribution in [1.82, 2.24) is 10.2 Å². The number of nitrogens with zero attached hydrogens (tertiary/aromatic N) is 2. The van der Waals surface area contributed by atoms with E-state index in [1.54, 1.807) is 11.3 Å². The van der Waals surface area contributed by atoms with Crippen LogP contribution < -0.4 is 5.32 Å². The largest absolute Gasteiger partial charge is 0.338 e. The fraction of sp³-hybridized carbons (Fsp3) is 0.333. The molecule has 0 radical (unpaired) electrons. The van der Waals surface area contributed by atoms with E-state index in [2.05, 4.69) is 17.4 Å². The van der Waals surface area contributed by atoms with Gasteiger partial charge in [0.05, 0.1) is 4.88 Å². The third kappa shape index (κ3) is 3.38. The van der Waals surface area contributed by atoms with Crippen molar-refractivity contribution < 1.29 is 4.79 Å². The lowest BCUT2D eigenvalue weighted by Crippen LogP contribution is -2.47. The highest BCUT2D eigenvalue weighted by Gasteiger charge is 2.34. The van der Waals surface area contributed by atoms with E-state index >= 15 is 0 Å². The van der Waals surface area contributed by atoms with E-state index in [0.717, 1.165) is 28.2 Å². The zero-order chi connectivity index (χ0) is 16.2. The second kappa shape index (κ2) is 6.84. The minimum absolute atomic E-state index is 0.0915. The van der Waals surface area contributed by atoms with Gasteiger partial charge in [-0.05, 0) is 36.5 Å². The molecular weight excluding hydrogens is 306 g/mol. The number of carbonyl (C=O) groups is 1. The van der Waals surface area contributed by atoms with Crippen LogP contribution >= 0.6 is 11.3 Å². The summed E-state index contributed by atoms with van der Waals surface area (Å²) < 4.78 is 0. The molecule has 1 saturated carbocycles. The number of benzene rings is 1. The molecule has 0 aliphatic heterocycles. The molecule has 0 spiro atoms. The highest BCUT2D eigenvalue weighted by Crippen LogP contribution is 2.33. The molecule has 1 aromatic carbocycles. The Bertz CT molecular complexity index is 713. The summed E-state index contributed by atoms with van der Waals surface area (Å²) in [5.41, 5.74) is 1.14. The van der Waals surface area contributed by atoms with Gasteiger partial charge in [0, 0.05) is 24.5 Å². The standard InChI is InChI=1S/C18H19N3OS/c1-21(15-9-13(10-15)11-20-12-19)18(22)17-8-7-16(23-17)14-5-3-2-4-6-14/h2-8,13,15,20H,9-11H2,1H3. The van der Waals surface area contributed by atoms with Crippen molar-refractivity contribution in [3.8, 4) is 16.6 Å². The molecule has 3 rings (SSSR count). The van der Waals surface area contributed by atoms with E-state index in [1.807, 2.05) is 48.5 Å². The summed E-state index contributed by atoms with van der Waals surface area (Å²) in [6, 6.07) is 14.3. The van der Waals surface area contributed by atoms with Crippen molar-refractivity contribution in [3.05, 3.63) is 47.3 Å². The van der Waals surface area contributed by atoms with Crippen molar-refractivity contribution in [3.63, 3.8) is 0 Å². The molecule has 2 aromatic rings. The molecule has 1 aromatic heterocycles. The number of thiophene rings is 1. The second-order valence-electron chi connectivity index (χ2n) is 5.93. The summed E-state index contributed by atoms with van der Waals surface area (Å²) >= 11 is 1.54. The molecule has 5 heteroatoms. The van der Waals surface area contributed by atoms with E-state index < -0.39 is 0 Å². The smallest absolute Gasteiger partial charge is 0.263 e. The first-order chi connectivity index (χ1) is 11.2. The molecule has 118 valence electrons. The van der Waals surface area contributed by atoms with Gasteiger partial charge in [-0.25, -0.2) is 0 Å². The van der Waals surface area contributed by atoms with Gasteiger partial charge >= 0.3 is 0 Å². The predicted molar refractivity (Wildman–Crippen MR) is 92.0 cm³/mol. The number of hydrogen-bond acceptors (Lipinski definition) is 4. The van der Waals surface area contributed by atoms with Gasteiger partial charge in [0.15, 0.2) is 6.19 Å². The molecule has 23 heavy (non-hydrogen) atoms. The maximum atomic E-state index is 12.6. The first kappa shape index (κ1) is 15.6. The highest BCUT2D eigenvalue weighted by atomic mass is 32.1. The molecule has 1 fully saturated rings. The van der Waals surface area contributed by atoms with Gasteiger partial charge in [0.1, 0.15) is 0 Å². The first-order valence-corrected chi connectivity index (χ1v) is 8.55. The van der Waals surface area contributed by atoms with Crippen molar-refractivity contribution >= 4 is 17.2 Å². The predicted octanol–water partition coefficient (Wildman–Crippen LogP) is 3.34. The lowest BCUT2D eigenvalue weighted by atomic mass is 9.79. The Morgan fingerprint density at radius 1 is 1.30 bits per heavy atom. The van der Waals surface area contributed by atoms with Gasteiger partial charge in [0.2, 0.25) is 0 Å². The molecule has 0 unspecified atom stereocenters. The van der Waals surface area contributed by atoms with Crippen LogP contribution in [0.3, 0.4) is 0 Å². The highest BCUT2D eigenvalue weighted by molar-refractivity contribution is 7.17. The average molecular weight is 325 g/mol. The van der Waals surface area contributed by atoms with E-state index in [9.17, 15) is 4.79 Å². The van der Waals surface area contributed by atoms with Crippen LogP contribution in [0.25, 0.3) is 10.4 Å². The molecule has 1 aliphatic rings. The summed E-state index contributed by atoms with van der Waals surface area (Å²) in [5.74, 6) is 0.590. The third-order valence-electron chi connectivity index (χ3n) is 4.42. The van der Waals surface area contributed by atoms with Crippen molar-refractivity contribution in [2.45, 2.75) is 18.9 Å². The number of rotatable bonds is 5. The Labute approximate surface area is 140 Å². The fourth-order valence-electron chi connectivity index (χ4n) is 2.92. The Kier molecular flexibility index (Phi) is 4.63. The van der Waals surface area contributed by atoms with Crippen LogP contribution in [0, 0.1) is 17.4 Å². The topological polar surface area (TPSA) is 56.1 Å². The zero-order valence-corrected chi connectivity index (χ0v) is 13.8. The Hall–Kier alpha value is -2.32. The Morgan fingerprint density at radius 2 is 2.04 bits per heavy atom. The van der Waals surface area contributed by atoms with Crippen LogP contribution in [0.15, 0.2) is 42.5 Å². The average Bonchev–Trinajstić information content (AvgIpc) is 3.03. The summed E-state index contributed by atoms with van der Waals surface area (Å²) in [6.45, 7) is 0.714. The number of hydrogen-bond donors (Lipinski definition) is 1. The summed E-state index contributed by atoms with van der Waals surface area (Å²) in [7, 11) is 1.88. The van der Waals surface area contributed by atoms with Gasteiger partial charge in [-0.3, -0.25) is 4.79 Å². The molecule has 0 bridgehead atoms. The van der Waals surface area contributed by atoms with Gasteiger partial charge < -0.3 is 10.2 Å². The lowest BCUT2D eigenvalue weighted by molar-refractivity contribution is 0.0558. The number of nitriles is 1. The first-order valence-electron chi connectivity index (χ1n) is 7.73. The van der Waals surface area contributed by atoms with Gasteiger partial charge in [-0.15, -0.1) is 11.3 Å². The van der Waals surface area contributed by atoms with Gasteiger partial charge in [-0.1, -0.05) is 30.3 Å². The monoisotopic (exact) mass is 325 g/mol. The van der Waals surface area contributed by atoms with Crippen LogP contribution in [-0.4, -0.2) is 30.4 Å². The SMILES string of the molecule is CN(C(=O)c1ccc(-c2ccccc2)s1)C1CC(CNC#N)C1. The third-order valence-corrected chi connectivity index (χ3v) is 5.55. The molecule has 1 amide bonds. The van der Waals surface area contributed by atoms with E-state index in [4.69, 9.17) is 5.26 Å². The van der Waals surface area contributed by atoms with E-state index in [-0.39, 0.29) is 11.9 Å². The van der Waals surface area contributed by atoms with Crippen LogP contribution in [0.2, 0.25) is 0 Å². The molecular formula is C18H19N3OS. The van der Waals surface area contributed by atoms with Gasteiger partial charge in [-0.2, -0.15) is 5.26 Å². The summed E-state index contributed by atoms with van der Waals surface area (Å²) in [5, 5.41) is 11.2. The molecule has 1 heterocycles. The molecule has 1 N–H and O–H groups in total. The Morgan fingerprint density at radius 3 is 2.74 bits per heavy atom. The molecule has 1 aliphatic carbocycles.